The molecular formula is C19H24N2O2. The van der Waals surface area contributed by atoms with Gasteiger partial charge in [-0.2, -0.15) is 0 Å². The van der Waals surface area contributed by atoms with E-state index in [4.69, 9.17) is 4.74 Å². The lowest BCUT2D eigenvalue weighted by Gasteiger charge is -2.13. The molecule has 2 N–H and O–H groups in total. The minimum atomic E-state index is -0.217. The van der Waals surface area contributed by atoms with E-state index in [0.717, 1.165) is 18.4 Å². The normalized spacial score (nSPS) is 10.2. The molecule has 0 atom stereocenters. The van der Waals surface area contributed by atoms with E-state index in [1.165, 1.54) is 5.56 Å². The Balaban J connectivity index is 1.87. The number of anilines is 1. The molecule has 0 heterocycles. The van der Waals surface area contributed by atoms with Crippen LogP contribution in [-0.2, 0) is 6.42 Å². The predicted octanol–water partition coefficient (Wildman–Crippen LogP) is 4.15. The zero-order chi connectivity index (χ0) is 16.5. The number of aryl methyl sites for hydroxylation is 1. The van der Waals surface area contributed by atoms with Crippen molar-refractivity contribution in [2.75, 3.05) is 18.5 Å². The number of amides is 2. The van der Waals surface area contributed by atoms with Crippen LogP contribution in [0.2, 0.25) is 0 Å². The number of ether oxygens (including phenoxy) is 1. The van der Waals surface area contributed by atoms with Crippen LogP contribution in [0.5, 0.6) is 5.75 Å². The first-order valence-electron chi connectivity index (χ1n) is 8.01. The highest BCUT2D eigenvalue weighted by Gasteiger charge is 2.08. The van der Waals surface area contributed by atoms with E-state index in [0.29, 0.717) is 24.6 Å². The van der Waals surface area contributed by atoms with Gasteiger partial charge in [0.15, 0.2) is 0 Å². The number of carbonyl (C=O) groups excluding carboxylic acids is 1. The molecule has 122 valence electrons. The fourth-order valence-corrected chi connectivity index (χ4v) is 2.20. The molecule has 0 aliphatic carbocycles. The van der Waals surface area contributed by atoms with Crippen LogP contribution in [0.3, 0.4) is 0 Å². The van der Waals surface area contributed by atoms with E-state index in [2.05, 4.69) is 29.7 Å². The smallest absolute Gasteiger partial charge is 0.319 e. The van der Waals surface area contributed by atoms with Crippen LogP contribution < -0.4 is 15.4 Å². The first-order chi connectivity index (χ1) is 11.2. The molecule has 2 amide bonds. The number of rotatable bonds is 7. The second-order valence-corrected chi connectivity index (χ2v) is 5.46. The zero-order valence-electron chi connectivity index (χ0n) is 13.8. The van der Waals surface area contributed by atoms with Crippen molar-refractivity contribution < 1.29 is 9.53 Å². The van der Waals surface area contributed by atoms with Crippen molar-refractivity contribution in [1.82, 2.24) is 5.32 Å². The molecule has 0 aliphatic heterocycles. The molecule has 4 nitrogen and oxygen atoms in total. The topological polar surface area (TPSA) is 50.4 Å². The first kappa shape index (κ1) is 16.9. The molecule has 0 spiro atoms. The van der Waals surface area contributed by atoms with Crippen LogP contribution in [-0.4, -0.2) is 19.2 Å². The van der Waals surface area contributed by atoms with Gasteiger partial charge in [-0.05, 0) is 43.0 Å². The highest BCUT2D eigenvalue weighted by molar-refractivity contribution is 5.90. The average molecular weight is 312 g/mol. The summed E-state index contributed by atoms with van der Waals surface area (Å²) in [5, 5.41) is 5.73. The highest BCUT2D eigenvalue weighted by Crippen LogP contribution is 2.25. The van der Waals surface area contributed by atoms with Crippen molar-refractivity contribution >= 4 is 11.7 Å². The third kappa shape index (κ3) is 5.66. The Kier molecular flexibility index (Phi) is 6.48. The van der Waals surface area contributed by atoms with Crippen LogP contribution in [0, 0.1) is 6.92 Å². The van der Waals surface area contributed by atoms with Gasteiger partial charge in [0.1, 0.15) is 5.75 Å². The van der Waals surface area contributed by atoms with Gasteiger partial charge in [0.25, 0.3) is 0 Å². The van der Waals surface area contributed by atoms with Gasteiger partial charge in [0.05, 0.1) is 12.3 Å². The van der Waals surface area contributed by atoms with Gasteiger partial charge in [0.2, 0.25) is 0 Å². The molecule has 0 bridgehead atoms. The van der Waals surface area contributed by atoms with Gasteiger partial charge in [-0.25, -0.2) is 4.79 Å². The van der Waals surface area contributed by atoms with Crippen molar-refractivity contribution in [3.05, 3.63) is 59.7 Å². The molecule has 23 heavy (non-hydrogen) atoms. The fraction of sp³-hybridized carbons (Fsp3) is 0.316. The van der Waals surface area contributed by atoms with Crippen molar-refractivity contribution in [2.24, 2.45) is 0 Å². The molecule has 4 heteroatoms. The SMILES string of the molecule is CCCOc1cc(C)ccc1NC(=O)NCCc1ccccc1. The summed E-state index contributed by atoms with van der Waals surface area (Å²) in [5.74, 6) is 0.713. The summed E-state index contributed by atoms with van der Waals surface area (Å²) in [6.07, 6.45) is 1.73. The predicted molar refractivity (Wildman–Crippen MR) is 94.1 cm³/mol. The van der Waals surface area contributed by atoms with Gasteiger partial charge in [-0.3, -0.25) is 0 Å². The van der Waals surface area contributed by atoms with Gasteiger partial charge < -0.3 is 15.4 Å². The Morgan fingerprint density at radius 2 is 1.91 bits per heavy atom. The van der Waals surface area contributed by atoms with Gasteiger partial charge in [-0.1, -0.05) is 43.3 Å². The minimum Gasteiger partial charge on any atom is -0.491 e. The number of benzene rings is 2. The van der Waals surface area contributed by atoms with Crippen LogP contribution >= 0.6 is 0 Å². The standard InChI is InChI=1S/C19H24N2O2/c1-3-13-23-18-14-15(2)9-10-17(18)21-19(22)20-12-11-16-7-5-4-6-8-16/h4-10,14H,3,11-13H2,1-2H3,(H2,20,21,22). The summed E-state index contributed by atoms with van der Waals surface area (Å²) in [5.41, 5.74) is 3.00. The Labute approximate surface area is 137 Å². The number of hydrogen-bond acceptors (Lipinski definition) is 2. The van der Waals surface area contributed by atoms with Crippen LogP contribution in [0.1, 0.15) is 24.5 Å². The molecule has 2 aromatic rings. The largest absolute Gasteiger partial charge is 0.491 e. The molecule has 0 aromatic heterocycles. The summed E-state index contributed by atoms with van der Waals surface area (Å²) in [6.45, 7) is 5.28. The van der Waals surface area contributed by atoms with E-state index in [-0.39, 0.29) is 6.03 Å². The van der Waals surface area contributed by atoms with Crippen molar-refractivity contribution in [3.8, 4) is 5.75 Å². The maximum atomic E-state index is 12.0. The van der Waals surface area contributed by atoms with Crippen LogP contribution in [0.4, 0.5) is 10.5 Å². The molecule has 2 rings (SSSR count). The zero-order valence-corrected chi connectivity index (χ0v) is 13.8. The molecule has 0 saturated heterocycles. The molecular weight excluding hydrogens is 288 g/mol. The van der Waals surface area contributed by atoms with Crippen LogP contribution in [0.15, 0.2) is 48.5 Å². The first-order valence-corrected chi connectivity index (χ1v) is 8.01. The third-order valence-electron chi connectivity index (χ3n) is 3.39. The summed E-state index contributed by atoms with van der Waals surface area (Å²) in [7, 11) is 0. The maximum absolute atomic E-state index is 12.0. The van der Waals surface area contributed by atoms with E-state index in [1.807, 2.05) is 43.3 Å². The number of urea groups is 1. The molecule has 2 aromatic carbocycles. The van der Waals surface area contributed by atoms with E-state index in [9.17, 15) is 4.79 Å². The van der Waals surface area contributed by atoms with E-state index in [1.54, 1.807) is 0 Å². The lowest BCUT2D eigenvalue weighted by molar-refractivity contribution is 0.252. The summed E-state index contributed by atoms with van der Waals surface area (Å²) in [4.78, 5) is 12.0. The Morgan fingerprint density at radius 3 is 2.65 bits per heavy atom. The summed E-state index contributed by atoms with van der Waals surface area (Å²) >= 11 is 0. The highest BCUT2D eigenvalue weighted by atomic mass is 16.5. The Bertz CT molecular complexity index is 627. The molecule has 0 radical (unpaired) electrons. The van der Waals surface area contributed by atoms with E-state index >= 15 is 0 Å². The third-order valence-corrected chi connectivity index (χ3v) is 3.39. The Hall–Kier alpha value is -2.49. The van der Waals surface area contributed by atoms with Gasteiger partial charge >= 0.3 is 6.03 Å². The van der Waals surface area contributed by atoms with Crippen LogP contribution in [0.25, 0.3) is 0 Å². The molecule has 0 fully saturated rings. The fourth-order valence-electron chi connectivity index (χ4n) is 2.20. The summed E-state index contributed by atoms with van der Waals surface area (Å²) < 4.78 is 5.70. The number of nitrogens with one attached hydrogen (secondary N) is 2. The Morgan fingerprint density at radius 1 is 1.13 bits per heavy atom. The van der Waals surface area contributed by atoms with Crippen molar-refractivity contribution in [3.63, 3.8) is 0 Å². The molecule has 0 saturated carbocycles. The molecule has 0 unspecified atom stereocenters. The number of hydrogen-bond donors (Lipinski definition) is 2. The minimum absolute atomic E-state index is 0.217. The van der Waals surface area contributed by atoms with E-state index < -0.39 is 0 Å². The lowest BCUT2D eigenvalue weighted by atomic mass is 10.1. The van der Waals surface area contributed by atoms with Crippen molar-refractivity contribution in [1.29, 1.82) is 0 Å². The van der Waals surface area contributed by atoms with Crippen molar-refractivity contribution in [2.45, 2.75) is 26.7 Å². The lowest BCUT2D eigenvalue weighted by Crippen LogP contribution is -2.30. The maximum Gasteiger partial charge on any atom is 0.319 e. The van der Waals surface area contributed by atoms with Gasteiger partial charge in [-0.15, -0.1) is 0 Å². The average Bonchev–Trinajstić information content (AvgIpc) is 2.56. The summed E-state index contributed by atoms with van der Waals surface area (Å²) in [6, 6.07) is 15.6. The second kappa shape index (κ2) is 8.83. The monoisotopic (exact) mass is 312 g/mol. The second-order valence-electron chi connectivity index (χ2n) is 5.46. The molecule has 0 aliphatic rings. The number of carbonyl (C=O) groups is 1. The van der Waals surface area contributed by atoms with Gasteiger partial charge in [0, 0.05) is 6.54 Å². The quantitative estimate of drug-likeness (QED) is 0.807.